The molecule has 1 aromatic carbocycles. The van der Waals surface area contributed by atoms with Gasteiger partial charge in [0.25, 0.3) is 0 Å². The molecule has 2 aromatic rings. The van der Waals surface area contributed by atoms with Gasteiger partial charge < -0.3 is 11.1 Å². The van der Waals surface area contributed by atoms with Crippen molar-refractivity contribution in [3.05, 3.63) is 40.2 Å². The summed E-state index contributed by atoms with van der Waals surface area (Å²) in [6, 6.07) is 5.71. The Morgan fingerprint density at radius 1 is 1.14 bits per heavy atom. The summed E-state index contributed by atoms with van der Waals surface area (Å²) in [7, 11) is 0. The summed E-state index contributed by atoms with van der Waals surface area (Å²) in [6.07, 6.45) is 0. The molecule has 0 atom stereocenters. The van der Waals surface area contributed by atoms with Gasteiger partial charge >= 0.3 is 0 Å². The third-order valence-electron chi connectivity index (χ3n) is 3.31. The topological polar surface area (TPSA) is 63.8 Å². The van der Waals surface area contributed by atoms with Gasteiger partial charge in [0.15, 0.2) is 0 Å². The van der Waals surface area contributed by atoms with E-state index < -0.39 is 0 Å². The molecule has 3 N–H and O–H groups in total. The van der Waals surface area contributed by atoms with Crippen LogP contribution in [0.15, 0.2) is 18.2 Å². The third kappa shape index (κ3) is 3.45. The summed E-state index contributed by atoms with van der Waals surface area (Å²) in [5.74, 6) is 1.93. The molecule has 1 heterocycles. The molecule has 21 heavy (non-hydrogen) atoms. The number of nitrogens with two attached hydrogens (primary N) is 1. The van der Waals surface area contributed by atoms with Crippen LogP contribution in [0.25, 0.3) is 0 Å². The molecule has 0 aliphatic rings. The minimum Gasteiger partial charge on any atom is -0.383 e. The molecule has 0 bridgehead atoms. The Kier molecular flexibility index (Phi) is 4.10. The molecule has 0 radical (unpaired) electrons. The maximum Gasteiger partial charge on any atom is 0.139 e. The van der Waals surface area contributed by atoms with Crippen LogP contribution in [0.1, 0.15) is 37.7 Å². The van der Waals surface area contributed by atoms with Crippen molar-refractivity contribution in [1.29, 1.82) is 0 Å². The summed E-state index contributed by atoms with van der Waals surface area (Å²) in [4.78, 5) is 9.01. The summed E-state index contributed by atoms with van der Waals surface area (Å²) in [6.45, 7) is 10.1. The Morgan fingerprint density at radius 2 is 1.81 bits per heavy atom. The lowest BCUT2D eigenvalue weighted by molar-refractivity contribution is 0.546. The van der Waals surface area contributed by atoms with E-state index in [4.69, 9.17) is 17.3 Å². The van der Waals surface area contributed by atoms with Gasteiger partial charge in [0.2, 0.25) is 0 Å². The Hall–Kier alpha value is -1.81. The standard InChI is InChI=1S/C16H21ClN4/c1-9-6-7-11(17)8-12(9)19-14-10(2)13(18)20-15(21-14)16(3,4)5/h6-8H,1-5H3,(H3,18,19,20,21). The number of nitrogens with one attached hydrogen (secondary N) is 1. The van der Waals surface area contributed by atoms with Gasteiger partial charge in [-0.05, 0) is 31.5 Å². The molecule has 0 amide bonds. The first kappa shape index (κ1) is 15.6. The highest BCUT2D eigenvalue weighted by Crippen LogP contribution is 2.29. The lowest BCUT2D eigenvalue weighted by Crippen LogP contribution is -2.19. The van der Waals surface area contributed by atoms with Gasteiger partial charge in [-0.1, -0.05) is 38.4 Å². The fourth-order valence-electron chi connectivity index (χ4n) is 1.85. The van der Waals surface area contributed by atoms with Crippen molar-refractivity contribution in [3.63, 3.8) is 0 Å². The van der Waals surface area contributed by atoms with E-state index in [0.29, 0.717) is 16.7 Å². The second-order valence-electron chi connectivity index (χ2n) is 6.24. The van der Waals surface area contributed by atoms with Gasteiger partial charge in [0.1, 0.15) is 17.5 Å². The van der Waals surface area contributed by atoms with Crippen LogP contribution in [0.4, 0.5) is 17.3 Å². The lowest BCUT2D eigenvalue weighted by atomic mass is 9.95. The Balaban J connectivity index is 2.49. The van der Waals surface area contributed by atoms with Crippen LogP contribution in [0.2, 0.25) is 5.02 Å². The summed E-state index contributed by atoms with van der Waals surface area (Å²) in [5, 5.41) is 4.00. The first-order valence-corrected chi connectivity index (χ1v) is 7.24. The van der Waals surface area contributed by atoms with Crippen molar-refractivity contribution in [1.82, 2.24) is 9.97 Å². The average Bonchev–Trinajstić information content (AvgIpc) is 2.37. The highest BCUT2D eigenvalue weighted by Gasteiger charge is 2.20. The minimum atomic E-state index is -0.165. The number of anilines is 3. The largest absolute Gasteiger partial charge is 0.383 e. The third-order valence-corrected chi connectivity index (χ3v) is 3.54. The van der Waals surface area contributed by atoms with Crippen molar-refractivity contribution in [3.8, 4) is 0 Å². The molecule has 2 rings (SSSR count). The SMILES string of the molecule is Cc1ccc(Cl)cc1Nc1nc(C(C)(C)C)nc(N)c1C. The second kappa shape index (κ2) is 5.53. The quantitative estimate of drug-likeness (QED) is 0.864. The molecule has 0 spiro atoms. The van der Waals surface area contributed by atoms with E-state index in [1.54, 1.807) is 0 Å². The van der Waals surface area contributed by atoms with Crippen LogP contribution in [0.3, 0.4) is 0 Å². The second-order valence-corrected chi connectivity index (χ2v) is 6.68. The summed E-state index contributed by atoms with van der Waals surface area (Å²) in [5.41, 5.74) is 8.70. The average molecular weight is 305 g/mol. The zero-order valence-corrected chi connectivity index (χ0v) is 13.8. The normalized spacial score (nSPS) is 11.5. The molecule has 0 aliphatic carbocycles. The Bertz CT molecular complexity index is 675. The number of aromatic nitrogens is 2. The number of benzene rings is 1. The smallest absolute Gasteiger partial charge is 0.139 e. The highest BCUT2D eigenvalue weighted by atomic mass is 35.5. The predicted octanol–water partition coefficient (Wildman–Crippen LogP) is 4.37. The fraction of sp³-hybridized carbons (Fsp3) is 0.375. The van der Waals surface area contributed by atoms with Crippen molar-refractivity contribution in [2.45, 2.75) is 40.0 Å². The molecule has 0 saturated heterocycles. The van der Waals surface area contributed by atoms with Gasteiger partial charge in [-0.25, -0.2) is 9.97 Å². The van der Waals surface area contributed by atoms with E-state index in [2.05, 4.69) is 36.1 Å². The van der Waals surface area contributed by atoms with E-state index in [1.165, 1.54) is 0 Å². The maximum atomic E-state index is 6.06. The van der Waals surface area contributed by atoms with E-state index in [9.17, 15) is 0 Å². The number of hydrogen-bond donors (Lipinski definition) is 2. The maximum absolute atomic E-state index is 6.06. The number of nitrogens with zero attached hydrogens (tertiary/aromatic N) is 2. The molecule has 4 nitrogen and oxygen atoms in total. The number of rotatable bonds is 2. The predicted molar refractivity (Wildman–Crippen MR) is 89.4 cm³/mol. The number of nitrogen functional groups attached to an aromatic ring is 1. The lowest BCUT2D eigenvalue weighted by Gasteiger charge is -2.20. The van der Waals surface area contributed by atoms with Crippen molar-refractivity contribution < 1.29 is 0 Å². The number of hydrogen-bond acceptors (Lipinski definition) is 4. The monoisotopic (exact) mass is 304 g/mol. The zero-order chi connectivity index (χ0) is 15.8. The molecular weight excluding hydrogens is 284 g/mol. The molecule has 0 aliphatic heterocycles. The van der Waals surface area contributed by atoms with Crippen LogP contribution >= 0.6 is 11.6 Å². The van der Waals surface area contributed by atoms with Gasteiger partial charge in [0, 0.05) is 21.7 Å². The molecule has 0 fully saturated rings. The fourth-order valence-corrected chi connectivity index (χ4v) is 2.02. The Morgan fingerprint density at radius 3 is 2.43 bits per heavy atom. The van der Waals surface area contributed by atoms with Gasteiger partial charge in [-0.3, -0.25) is 0 Å². The van der Waals surface area contributed by atoms with E-state index in [0.717, 1.165) is 22.6 Å². The molecule has 0 unspecified atom stereocenters. The summed E-state index contributed by atoms with van der Waals surface area (Å²) >= 11 is 6.06. The van der Waals surface area contributed by atoms with Crippen molar-refractivity contribution in [2.24, 2.45) is 0 Å². The zero-order valence-electron chi connectivity index (χ0n) is 13.1. The molecule has 5 heteroatoms. The van der Waals surface area contributed by atoms with Crippen LogP contribution in [-0.2, 0) is 5.41 Å². The molecule has 1 aromatic heterocycles. The first-order chi connectivity index (χ1) is 9.68. The van der Waals surface area contributed by atoms with Gasteiger partial charge in [-0.15, -0.1) is 0 Å². The molecule has 0 saturated carbocycles. The first-order valence-electron chi connectivity index (χ1n) is 6.86. The van der Waals surface area contributed by atoms with Gasteiger partial charge in [0.05, 0.1) is 0 Å². The van der Waals surface area contributed by atoms with Crippen LogP contribution < -0.4 is 11.1 Å². The van der Waals surface area contributed by atoms with Gasteiger partial charge in [-0.2, -0.15) is 0 Å². The summed E-state index contributed by atoms with van der Waals surface area (Å²) < 4.78 is 0. The minimum absolute atomic E-state index is 0.165. The van der Waals surface area contributed by atoms with Crippen molar-refractivity contribution in [2.75, 3.05) is 11.1 Å². The number of halogens is 1. The molecule has 112 valence electrons. The van der Waals surface area contributed by atoms with Crippen LogP contribution in [0, 0.1) is 13.8 Å². The van der Waals surface area contributed by atoms with Crippen molar-refractivity contribution >= 4 is 28.9 Å². The van der Waals surface area contributed by atoms with Crippen LogP contribution in [0.5, 0.6) is 0 Å². The van der Waals surface area contributed by atoms with E-state index in [-0.39, 0.29) is 5.41 Å². The number of aryl methyl sites for hydroxylation is 1. The highest BCUT2D eigenvalue weighted by molar-refractivity contribution is 6.30. The van der Waals surface area contributed by atoms with Crippen LogP contribution in [-0.4, -0.2) is 9.97 Å². The van der Waals surface area contributed by atoms with E-state index in [1.807, 2.05) is 32.0 Å². The van der Waals surface area contributed by atoms with E-state index >= 15 is 0 Å². The molecular formula is C16H21ClN4. The Labute approximate surface area is 130 Å².